The van der Waals surface area contributed by atoms with E-state index in [9.17, 15) is 18.3 Å². The molecule has 0 aliphatic rings. The summed E-state index contributed by atoms with van der Waals surface area (Å²) in [5.74, 6) is -1.20. The van der Waals surface area contributed by atoms with Gasteiger partial charge in [-0.15, -0.1) is 4.47 Å². The van der Waals surface area contributed by atoms with Crippen LogP contribution in [0.25, 0.3) is 11.1 Å². The van der Waals surface area contributed by atoms with Gasteiger partial charge in [-0.05, 0) is 53.4 Å². The first-order chi connectivity index (χ1) is 16.4. The Morgan fingerprint density at radius 2 is 1.41 bits per heavy atom. The Morgan fingerprint density at radius 1 is 0.824 bits per heavy atom. The fourth-order valence-electron chi connectivity index (χ4n) is 3.48. The van der Waals surface area contributed by atoms with Gasteiger partial charge in [0.1, 0.15) is 6.61 Å². The number of carboxylic acids is 1. The van der Waals surface area contributed by atoms with Crippen molar-refractivity contribution >= 4 is 21.7 Å². The molecule has 4 aromatic rings. The van der Waals surface area contributed by atoms with Crippen molar-refractivity contribution in [2.24, 2.45) is 0 Å². The highest BCUT2D eigenvalue weighted by atomic mass is 32.2. The molecule has 0 bridgehead atoms. The van der Waals surface area contributed by atoms with Gasteiger partial charge in [-0.2, -0.15) is 8.42 Å². The number of hydrogen-bond acceptors (Lipinski definition) is 4. The quantitative estimate of drug-likeness (QED) is 0.333. The van der Waals surface area contributed by atoms with E-state index in [4.69, 9.17) is 4.84 Å². The number of rotatable bonds is 8. The van der Waals surface area contributed by atoms with Gasteiger partial charge in [0.2, 0.25) is 0 Å². The van der Waals surface area contributed by atoms with Crippen LogP contribution in [0.15, 0.2) is 108 Å². The molecule has 0 saturated heterocycles. The summed E-state index contributed by atoms with van der Waals surface area (Å²) in [5.41, 5.74) is 3.40. The predicted octanol–water partition coefficient (Wildman–Crippen LogP) is 5.69. The molecule has 0 amide bonds. The summed E-state index contributed by atoms with van der Waals surface area (Å²) in [6.45, 7) is 1.63. The summed E-state index contributed by atoms with van der Waals surface area (Å²) in [7, 11) is -4.23. The molecule has 172 valence electrons. The lowest BCUT2D eigenvalue weighted by Gasteiger charge is -2.24. The van der Waals surface area contributed by atoms with Gasteiger partial charge >= 0.3 is 5.97 Å². The van der Waals surface area contributed by atoms with E-state index in [1.807, 2.05) is 72.8 Å². The van der Waals surface area contributed by atoms with Crippen molar-refractivity contribution in [3.05, 3.63) is 120 Å². The monoisotopic (exact) mass is 473 g/mol. The van der Waals surface area contributed by atoms with Gasteiger partial charge in [-0.1, -0.05) is 78.9 Å². The van der Waals surface area contributed by atoms with Crippen molar-refractivity contribution in [1.29, 1.82) is 0 Å². The van der Waals surface area contributed by atoms with Crippen LogP contribution in [0.5, 0.6) is 0 Å². The predicted molar refractivity (Wildman–Crippen MR) is 131 cm³/mol. The lowest BCUT2D eigenvalue weighted by atomic mass is 10.1. The van der Waals surface area contributed by atoms with Crippen molar-refractivity contribution in [1.82, 2.24) is 0 Å². The Labute approximate surface area is 198 Å². The molecule has 0 spiro atoms. The van der Waals surface area contributed by atoms with Gasteiger partial charge in [0.25, 0.3) is 10.0 Å². The normalized spacial score (nSPS) is 11.2. The summed E-state index contributed by atoms with van der Waals surface area (Å²) >= 11 is 0. The molecule has 6 nitrogen and oxygen atoms in total. The van der Waals surface area contributed by atoms with E-state index in [1.54, 1.807) is 19.1 Å². The van der Waals surface area contributed by atoms with E-state index in [1.165, 1.54) is 12.1 Å². The van der Waals surface area contributed by atoms with Gasteiger partial charge in [-0.3, -0.25) is 4.84 Å². The molecule has 7 heteroatoms. The molecule has 0 aromatic heterocycles. The van der Waals surface area contributed by atoms with E-state index in [0.717, 1.165) is 27.2 Å². The summed E-state index contributed by atoms with van der Waals surface area (Å²) in [4.78, 5) is 17.2. The van der Waals surface area contributed by atoms with Crippen LogP contribution in [-0.2, 0) is 21.5 Å². The molecule has 4 rings (SSSR count). The zero-order valence-corrected chi connectivity index (χ0v) is 19.3. The van der Waals surface area contributed by atoms with Crippen LogP contribution in [0.4, 0.5) is 5.69 Å². The minimum atomic E-state index is -4.23. The maximum absolute atomic E-state index is 13.6. The van der Waals surface area contributed by atoms with Crippen LogP contribution in [-0.4, -0.2) is 19.5 Å². The fourth-order valence-corrected chi connectivity index (χ4v) is 4.77. The number of carbonyl (C=O) groups is 1. The van der Waals surface area contributed by atoms with Gasteiger partial charge in [0, 0.05) is 0 Å². The molecular formula is C27H23NO5S. The first-order valence-electron chi connectivity index (χ1n) is 10.6. The first-order valence-corrected chi connectivity index (χ1v) is 12.0. The minimum absolute atomic E-state index is 0.0121. The van der Waals surface area contributed by atoms with E-state index < -0.39 is 16.0 Å². The zero-order chi connectivity index (χ0) is 24.1. The molecule has 0 aliphatic carbocycles. The Bertz CT molecular complexity index is 1390. The maximum atomic E-state index is 13.6. The van der Waals surface area contributed by atoms with Crippen LogP contribution in [0.1, 0.15) is 21.5 Å². The largest absolute Gasteiger partial charge is 0.478 e. The van der Waals surface area contributed by atoms with Crippen LogP contribution >= 0.6 is 0 Å². The highest BCUT2D eigenvalue weighted by molar-refractivity contribution is 7.92. The lowest BCUT2D eigenvalue weighted by molar-refractivity contribution is 0.0695. The van der Waals surface area contributed by atoms with E-state index in [-0.39, 0.29) is 17.1 Å². The second kappa shape index (κ2) is 9.91. The highest BCUT2D eigenvalue weighted by Gasteiger charge is 2.28. The molecule has 0 saturated carbocycles. The van der Waals surface area contributed by atoms with Gasteiger partial charge < -0.3 is 5.11 Å². The molecule has 34 heavy (non-hydrogen) atoms. The molecule has 0 unspecified atom stereocenters. The standard InChI is InChI=1S/C27H23NO5S/c1-20-12-17-25(18-26(20)27(29)30)34(31,32)28(33-19-21-8-4-2-5-9-21)24-15-13-23(14-16-24)22-10-6-3-7-11-22/h2-18H,19H2,1H3,(H,29,30). The van der Waals surface area contributed by atoms with Crippen molar-refractivity contribution in [2.75, 3.05) is 4.47 Å². The second-order valence-electron chi connectivity index (χ2n) is 7.69. The van der Waals surface area contributed by atoms with Gasteiger partial charge in [0.15, 0.2) is 0 Å². The van der Waals surface area contributed by atoms with Crippen LogP contribution in [0.2, 0.25) is 0 Å². The number of aromatic carboxylic acids is 1. The number of anilines is 1. The van der Waals surface area contributed by atoms with Crippen LogP contribution in [0.3, 0.4) is 0 Å². The zero-order valence-electron chi connectivity index (χ0n) is 18.5. The lowest BCUT2D eigenvalue weighted by Crippen LogP contribution is -2.31. The molecule has 0 heterocycles. The molecule has 0 radical (unpaired) electrons. The Balaban J connectivity index is 1.73. The maximum Gasteiger partial charge on any atom is 0.335 e. The summed E-state index contributed by atoms with van der Waals surface area (Å²) in [5, 5.41) is 9.46. The molecule has 0 fully saturated rings. The third-order valence-electron chi connectivity index (χ3n) is 5.33. The third kappa shape index (κ3) is 5.01. The Morgan fingerprint density at radius 3 is 2.03 bits per heavy atom. The third-order valence-corrected chi connectivity index (χ3v) is 6.93. The van der Waals surface area contributed by atoms with Gasteiger partial charge in [-0.25, -0.2) is 4.79 Å². The van der Waals surface area contributed by atoms with E-state index in [0.29, 0.717) is 11.3 Å². The Hall–Kier alpha value is -3.94. The number of aryl methyl sites for hydroxylation is 1. The smallest absolute Gasteiger partial charge is 0.335 e. The van der Waals surface area contributed by atoms with E-state index in [2.05, 4.69) is 0 Å². The average Bonchev–Trinajstić information content (AvgIpc) is 2.85. The average molecular weight is 474 g/mol. The number of nitrogens with zero attached hydrogens (tertiary/aromatic N) is 1. The van der Waals surface area contributed by atoms with Crippen molar-refractivity contribution in [3.8, 4) is 11.1 Å². The number of sulfonamides is 1. The molecule has 0 atom stereocenters. The van der Waals surface area contributed by atoms with Crippen LogP contribution < -0.4 is 4.47 Å². The fraction of sp³-hybridized carbons (Fsp3) is 0.0741. The second-order valence-corrected chi connectivity index (χ2v) is 9.44. The SMILES string of the molecule is Cc1ccc(S(=O)(=O)N(OCc2ccccc2)c2ccc(-c3ccccc3)cc2)cc1C(=O)O. The number of benzene rings is 4. The molecule has 1 N–H and O–H groups in total. The number of hydrogen-bond donors (Lipinski definition) is 1. The van der Waals surface area contributed by atoms with Crippen LogP contribution in [0, 0.1) is 6.92 Å². The first kappa shape index (κ1) is 23.2. The molecular weight excluding hydrogens is 450 g/mol. The number of carboxylic acid groups (broad SMARTS) is 1. The molecule has 0 aliphatic heterocycles. The summed E-state index contributed by atoms with van der Waals surface area (Å²) < 4.78 is 28.1. The summed E-state index contributed by atoms with van der Waals surface area (Å²) in [6.07, 6.45) is 0. The highest BCUT2D eigenvalue weighted by Crippen LogP contribution is 2.29. The van der Waals surface area contributed by atoms with Crippen molar-refractivity contribution < 1.29 is 23.2 Å². The Kier molecular flexibility index (Phi) is 6.77. The van der Waals surface area contributed by atoms with Crippen molar-refractivity contribution in [3.63, 3.8) is 0 Å². The van der Waals surface area contributed by atoms with Gasteiger partial charge in [0.05, 0.1) is 16.1 Å². The van der Waals surface area contributed by atoms with E-state index >= 15 is 0 Å². The topological polar surface area (TPSA) is 83.9 Å². The minimum Gasteiger partial charge on any atom is -0.478 e. The molecule has 4 aromatic carbocycles. The summed E-state index contributed by atoms with van der Waals surface area (Å²) in [6, 6.07) is 29.9. The van der Waals surface area contributed by atoms with Crippen molar-refractivity contribution in [2.45, 2.75) is 18.4 Å².